The van der Waals surface area contributed by atoms with Crippen molar-refractivity contribution in [1.29, 1.82) is 0 Å². The Morgan fingerprint density at radius 2 is 1.65 bits per heavy atom. The Morgan fingerprint density at radius 3 is 2.43 bits per heavy atom. The van der Waals surface area contributed by atoms with Crippen LogP contribution in [-0.4, -0.2) is 37.5 Å². The molecular weight excluding hydrogens is 292 g/mol. The minimum absolute atomic E-state index is 0.0926. The molecule has 0 aromatic carbocycles. The van der Waals surface area contributed by atoms with Gasteiger partial charge in [0.2, 0.25) is 0 Å². The van der Waals surface area contributed by atoms with Crippen LogP contribution in [0.2, 0.25) is 0 Å². The van der Waals surface area contributed by atoms with Gasteiger partial charge in [-0.3, -0.25) is 4.79 Å². The Bertz CT molecular complexity index is 380. The van der Waals surface area contributed by atoms with Crippen LogP contribution in [0.1, 0.15) is 71.1 Å². The van der Waals surface area contributed by atoms with E-state index in [9.17, 15) is 4.79 Å². The molecule has 132 valence electrons. The molecule has 2 fully saturated rings. The maximum Gasteiger partial charge on any atom is 0.305 e. The molecule has 0 N–H and O–H groups in total. The van der Waals surface area contributed by atoms with Crippen molar-refractivity contribution in [2.45, 2.75) is 95.5 Å². The molecule has 0 radical (unpaired) electrons. The summed E-state index contributed by atoms with van der Waals surface area (Å²) in [6.45, 7) is 2.16. The van der Waals surface area contributed by atoms with Crippen molar-refractivity contribution < 1.29 is 19.0 Å². The average Bonchev–Trinajstić information content (AvgIpc) is 3.46. The predicted octanol–water partition coefficient (Wildman–Crippen LogP) is 4.17. The Kier molecular flexibility index (Phi) is 8.10. The molecule has 2 rings (SSSR count). The van der Waals surface area contributed by atoms with Gasteiger partial charge in [-0.15, -0.1) is 0 Å². The minimum atomic E-state index is -0.0926. The van der Waals surface area contributed by atoms with Crippen molar-refractivity contribution in [2.24, 2.45) is 0 Å². The standard InChI is InChI=1S/C19H32O4/c1-3-4-8-11-15-17(22-15)14-18-16(23-18)12-9-6-5-7-10-13-19(20)21-2/h4,8,15-18H,3,5-7,9-14H2,1-2H3/b8-4-. The molecule has 0 spiro atoms. The van der Waals surface area contributed by atoms with Gasteiger partial charge in [0, 0.05) is 12.8 Å². The molecule has 0 bridgehead atoms. The smallest absolute Gasteiger partial charge is 0.305 e. The van der Waals surface area contributed by atoms with Gasteiger partial charge in [0.25, 0.3) is 0 Å². The molecule has 4 unspecified atom stereocenters. The van der Waals surface area contributed by atoms with Crippen LogP contribution in [0, 0.1) is 0 Å². The van der Waals surface area contributed by atoms with Crippen molar-refractivity contribution in [1.82, 2.24) is 0 Å². The van der Waals surface area contributed by atoms with Crippen LogP contribution < -0.4 is 0 Å². The van der Waals surface area contributed by atoms with Crippen LogP contribution in [0.4, 0.5) is 0 Å². The molecule has 0 aliphatic carbocycles. The number of rotatable bonds is 13. The summed E-state index contributed by atoms with van der Waals surface area (Å²) in [5, 5.41) is 0. The van der Waals surface area contributed by atoms with E-state index in [1.807, 2.05) is 0 Å². The molecular formula is C19H32O4. The molecule has 4 heteroatoms. The molecule has 2 saturated heterocycles. The fourth-order valence-electron chi connectivity index (χ4n) is 3.11. The fourth-order valence-corrected chi connectivity index (χ4v) is 3.11. The van der Waals surface area contributed by atoms with Crippen molar-refractivity contribution in [2.75, 3.05) is 7.11 Å². The Hall–Kier alpha value is -0.870. The number of epoxide rings is 2. The quantitative estimate of drug-likeness (QED) is 0.221. The molecule has 0 aromatic rings. The second kappa shape index (κ2) is 10.1. The maximum absolute atomic E-state index is 11.0. The van der Waals surface area contributed by atoms with Crippen molar-refractivity contribution in [3.63, 3.8) is 0 Å². The minimum Gasteiger partial charge on any atom is -0.469 e. The van der Waals surface area contributed by atoms with Gasteiger partial charge in [-0.25, -0.2) is 0 Å². The topological polar surface area (TPSA) is 51.4 Å². The summed E-state index contributed by atoms with van der Waals surface area (Å²) in [5.74, 6) is -0.0926. The van der Waals surface area contributed by atoms with E-state index in [1.54, 1.807) is 0 Å². The Balaban J connectivity index is 1.37. The zero-order chi connectivity index (χ0) is 16.5. The summed E-state index contributed by atoms with van der Waals surface area (Å²) in [6.07, 6.45) is 16.9. The van der Waals surface area contributed by atoms with Gasteiger partial charge in [0.05, 0.1) is 31.5 Å². The number of carbonyl (C=O) groups is 1. The summed E-state index contributed by atoms with van der Waals surface area (Å²) in [6, 6.07) is 0. The zero-order valence-electron chi connectivity index (χ0n) is 14.7. The van der Waals surface area contributed by atoms with Gasteiger partial charge in [-0.05, 0) is 25.7 Å². The second-order valence-electron chi connectivity index (χ2n) is 6.66. The number of methoxy groups -OCH3 is 1. The lowest BCUT2D eigenvalue weighted by Gasteiger charge is -2.00. The normalized spacial score (nSPS) is 29.0. The lowest BCUT2D eigenvalue weighted by atomic mass is 10.0. The number of hydrogen-bond donors (Lipinski definition) is 0. The molecule has 2 aliphatic rings. The zero-order valence-corrected chi connectivity index (χ0v) is 14.7. The number of carbonyl (C=O) groups excluding carboxylic acids is 1. The predicted molar refractivity (Wildman–Crippen MR) is 90.3 cm³/mol. The summed E-state index contributed by atoms with van der Waals surface area (Å²) in [5.41, 5.74) is 0. The van der Waals surface area contributed by atoms with Gasteiger partial charge in [0.15, 0.2) is 0 Å². The lowest BCUT2D eigenvalue weighted by molar-refractivity contribution is -0.140. The molecule has 0 amide bonds. The molecule has 4 atom stereocenters. The summed E-state index contributed by atoms with van der Waals surface area (Å²) < 4.78 is 16.1. The third kappa shape index (κ3) is 7.49. The van der Waals surface area contributed by atoms with E-state index < -0.39 is 0 Å². The van der Waals surface area contributed by atoms with E-state index in [-0.39, 0.29) is 5.97 Å². The van der Waals surface area contributed by atoms with Crippen LogP contribution >= 0.6 is 0 Å². The molecule has 23 heavy (non-hydrogen) atoms. The number of ether oxygens (including phenoxy) is 3. The molecule has 4 nitrogen and oxygen atoms in total. The number of unbranched alkanes of at least 4 members (excludes halogenated alkanes) is 4. The second-order valence-corrected chi connectivity index (χ2v) is 6.66. The first-order chi connectivity index (χ1) is 11.2. The first-order valence-electron chi connectivity index (χ1n) is 9.27. The Morgan fingerprint density at radius 1 is 0.957 bits per heavy atom. The summed E-state index contributed by atoms with van der Waals surface area (Å²) in [7, 11) is 1.45. The van der Waals surface area contributed by atoms with E-state index in [4.69, 9.17) is 9.47 Å². The van der Waals surface area contributed by atoms with E-state index in [1.165, 1.54) is 32.8 Å². The van der Waals surface area contributed by atoms with Crippen LogP contribution in [-0.2, 0) is 19.0 Å². The molecule has 2 heterocycles. The number of hydrogen-bond acceptors (Lipinski definition) is 4. The van der Waals surface area contributed by atoms with Crippen LogP contribution in [0.3, 0.4) is 0 Å². The van der Waals surface area contributed by atoms with Crippen LogP contribution in [0.5, 0.6) is 0 Å². The van der Waals surface area contributed by atoms with Crippen molar-refractivity contribution in [3.05, 3.63) is 12.2 Å². The number of allylic oxidation sites excluding steroid dienone is 1. The fraction of sp³-hybridized carbons (Fsp3) is 0.842. The van der Waals surface area contributed by atoms with E-state index in [0.29, 0.717) is 30.8 Å². The number of esters is 1. The molecule has 2 aliphatic heterocycles. The lowest BCUT2D eigenvalue weighted by Crippen LogP contribution is -2.01. The first kappa shape index (κ1) is 18.5. The third-order valence-corrected chi connectivity index (χ3v) is 4.71. The van der Waals surface area contributed by atoms with Crippen molar-refractivity contribution >= 4 is 5.97 Å². The van der Waals surface area contributed by atoms with Crippen LogP contribution in [0.15, 0.2) is 12.2 Å². The van der Waals surface area contributed by atoms with E-state index >= 15 is 0 Å². The monoisotopic (exact) mass is 324 g/mol. The Labute approximate surface area is 140 Å². The third-order valence-electron chi connectivity index (χ3n) is 4.71. The van der Waals surface area contributed by atoms with E-state index in [0.717, 1.165) is 32.1 Å². The van der Waals surface area contributed by atoms with Gasteiger partial charge >= 0.3 is 5.97 Å². The molecule has 0 aromatic heterocycles. The first-order valence-corrected chi connectivity index (χ1v) is 9.27. The van der Waals surface area contributed by atoms with Gasteiger partial charge in [-0.1, -0.05) is 44.8 Å². The highest BCUT2D eigenvalue weighted by atomic mass is 16.6. The summed E-state index contributed by atoms with van der Waals surface area (Å²) in [4.78, 5) is 11.0. The van der Waals surface area contributed by atoms with Gasteiger partial charge in [-0.2, -0.15) is 0 Å². The molecule has 0 saturated carbocycles. The largest absolute Gasteiger partial charge is 0.469 e. The van der Waals surface area contributed by atoms with Gasteiger partial charge in [0.1, 0.15) is 0 Å². The maximum atomic E-state index is 11.0. The summed E-state index contributed by atoms with van der Waals surface area (Å²) >= 11 is 0. The average molecular weight is 324 g/mol. The van der Waals surface area contributed by atoms with Crippen molar-refractivity contribution in [3.8, 4) is 0 Å². The van der Waals surface area contributed by atoms with Crippen LogP contribution in [0.25, 0.3) is 0 Å². The van der Waals surface area contributed by atoms with E-state index in [2.05, 4.69) is 23.8 Å². The highest BCUT2D eigenvalue weighted by Crippen LogP contribution is 2.38. The van der Waals surface area contributed by atoms with Gasteiger partial charge < -0.3 is 14.2 Å². The highest BCUT2D eigenvalue weighted by Gasteiger charge is 2.47. The SMILES string of the molecule is CC/C=C\CC1OC1CC1OC1CCCCCCCC(=O)OC. The highest BCUT2D eigenvalue weighted by molar-refractivity contribution is 5.68.